The smallest absolute Gasteiger partial charge is 0.416 e. The zero-order valence-electron chi connectivity index (χ0n) is 17.4. The van der Waals surface area contributed by atoms with E-state index in [0.29, 0.717) is 41.0 Å². The number of halogens is 3. The van der Waals surface area contributed by atoms with E-state index in [0.717, 1.165) is 16.7 Å². The first kappa shape index (κ1) is 20.9. The minimum atomic E-state index is -4.57. The SMILES string of the molecule is O=c1n(-c2cccc(C(F)(F)F)c2)c(O)c2n1[C@H]1C[C@@H]2N(C(=S)Nc2ccc3c(c2)OCO3)C1. The zero-order chi connectivity index (χ0) is 23.8. The number of aromatic nitrogens is 2. The molecule has 4 heterocycles. The standard InChI is InChI=1S/C22H17F3N4O4S/c23-22(24,25)11-2-1-3-13(6-11)29-19(30)18-15-8-14(28(18)21(29)31)9-27(15)20(34)26-12-4-5-16-17(7-12)33-10-32-16/h1-7,14-15,30H,8-10H2,(H,26,34)/t14-,15-/m0/s1. The van der Waals surface area contributed by atoms with Gasteiger partial charge in [0, 0.05) is 18.3 Å². The van der Waals surface area contributed by atoms with E-state index >= 15 is 0 Å². The molecule has 0 amide bonds. The number of imidazole rings is 1. The number of alkyl halides is 3. The van der Waals surface area contributed by atoms with E-state index < -0.39 is 23.5 Å². The van der Waals surface area contributed by atoms with Crippen LogP contribution in [0.2, 0.25) is 0 Å². The van der Waals surface area contributed by atoms with Gasteiger partial charge in [-0.1, -0.05) is 6.07 Å². The van der Waals surface area contributed by atoms with Gasteiger partial charge in [-0.25, -0.2) is 9.36 Å². The minimum absolute atomic E-state index is 0.0498. The highest BCUT2D eigenvalue weighted by molar-refractivity contribution is 7.80. The summed E-state index contributed by atoms with van der Waals surface area (Å²) in [5, 5.41) is 14.5. The van der Waals surface area contributed by atoms with E-state index in [1.165, 1.54) is 16.7 Å². The number of thiocarbonyl (C=S) groups is 1. The van der Waals surface area contributed by atoms with Gasteiger partial charge < -0.3 is 24.8 Å². The van der Waals surface area contributed by atoms with Crippen molar-refractivity contribution in [2.45, 2.75) is 24.7 Å². The van der Waals surface area contributed by atoms with Crippen LogP contribution in [0.25, 0.3) is 5.69 Å². The van der Waals surface area contributed by atoms with Crippen molar-refractivity contribution in [2.24, 2.45) is 0 Å². The number of fused-ring (bicyclic) bond motifs is 6. The van der Waals surface area contributed by atoms with Gasteiger partial charge in [0.1, 0.15) is 5.69 Å². The molecule has 8 nitrogen and oxygen atoms in total. The maximum Gasteiger partial charge on any atom is 0.416 e. The monoisotopic (exact) mass is 490 g/mol. The minimum Gasteiger partial charge on any atom is -0.493 e. The Morgan fingerprint density at radius 3 is 2.74 bits per heavy atom. The lowest BCUT2D eigenvalue weighted by molar-refractivity contribution is -0.137. The Labute approximate surface area is 195 Å². The Morgan fingerprint density at radius 2 is 1.94 bits per heavy atom. The van der Waals surface area contributed by atoms with Crippen molar-refractivity contribution in [3.8, 4) is 23.1 Å². The third-order valence-corrected chi connectivity index (χ3v) is 6.71. The number of likely N-dealkylation sites (tertiary alicyclic amines) is 1. The molecule has 34 heavy (non-hydrogen) atoms. The highest BCUT2D eigenvalue weighted by Gasteiger charge is 2.48. The molecular weight excluding hydrogens is 473 g/mol. The Balaban J connectivity index is 1.31. The van der Waals surface area contributed by atoms with E-state index in [2.05, 4.69) is 5.32 Å². The third kappa shape index (κ3) is 3.05. The van der Waals surface area contributed by atoms with Crippen molar-refractivity contribution in [3.05, 3.63) is 64.2 Å². The number of nitrogens with one attached hydrogen (secondary N) is 1. The number of nitrogens with zero attached hydrogens (tertiary/aromatic N) is 3. The van der Waals surface area contributed by atoms with Gasteiger partial charge in [-0.05, 0) is 49.0 Å². The average molecular weight is 490 g/mol. The Bertz CT molecular complexity index is 1400. The molecule has 1 fully saturated rings. The normalized spacial score (nSPS) is 20.0. The van der Waals surface area contributed by atoms with Gasteiger partial charge in [-0.15, -0.1) is 0 Å². The molecule has 176 valence electrons. The lowest BCUT2D eigenvalue weighted by Gasteiger charge is -2.30. The molecule has 2 bridgehead atoms. The van der Waals surface area contributed by atoms with Gasteiger partial charge in [-0.2, -0.15) is 13.2 Å². The second kappa shape index (κ2) is 7.16. The fraction of sp³-hybridized carbons (Fsp3) is 0.273. The first-order chi connectivity index (χ1) is 16.2. The highest BCUT2D eigenvalue weighted by atomic mass is 32.1. The van der Waals surface area contributed by atoms with Gasteiger partial charge in [0.25, 0.3) is 0 Å². The van der Waals surface area contributed by atoms with E-state index in [1.807, 2.05) is 4.90 Å². The predicted molar refractivity (Wildman–Crippen MR) is 119 cm³/mol. The largest absolute Gasteiger partial charge is 0.493 e. The summed E-state index contributed by atoms with van der Waals surface area (Å²) in [6.45, 7) is 0.582. The summed E-state index contributed by atoms with van der Waals surface area (Å²) in [6, 6.07) is 9.01. The first-order valence-corrected chi connectivity index (χ1v) is 10.8. The summed E-state index contributed by atoms with van der Waals surface area (Å²) in [5.74, 6) is 0.856. The number of rotatable bonds is 2. The summed E-state index contributed by atoms with van der Waals surface area (Å²) < 4.78 is 52.6. The molecule has 0 aliphatic carbocycles. The summed E-state index contributed by atoms with van der Waals surface area (Å²) in [6.07, 6.45) is -4.01. The Hall–Kier alpha value is -3.67. The van der Waals surface area contributed by atoms with Crippen LogP contribution in [0.15, 0.2) is 47.3 Å². The Morgan fingerprint density at radius 1 is 1.15 bits per heavy atom. The second-order valence-corrected chi connectivity index (χ2v) is 8.69. The number of benzene rings is 2. The van der Waals surface area contributed by atoms with Gasteiger partial charge in [0.15, 0.2) is 16.6 Å². The molecular formula is C22H17F3N4O4S. The van der Waals surface area contributed by atoms with Crippen molar-refractivity contribution >= 4 is 23.0 Å². The van der Waals surface area contributed by atoms with Crippen LogP contribution in [0.5, 0.6) is 17.4 Å². The molecule has 12 heteroatoms. The van der Waals surface area contributed by atoms with Crippen molar-refractivity contribution in [3.63, 3.8) is 0 Å². The fourth-order valence-electron chi connectivity index (χ4n) is 4.89. The molecule has 3 aliphatic heterocycles. The maximum atomic E-state index is 13.2. The van der Waals surface area contributed by atoms with E-state index in [9.17, 15) is 23.1 Å². The molecule has 2 N–H and O–H groups in total. The van der Waals surface area contributed by atoms with Gasteiger partial charge in [0.2, 0.25) is 12.7 Å². The van der Waals surface area contributed by atoms with Crippen LogP contribution < -0.4 is 20.5 Å². The lowest BCUT2D eigenvalue weighted by atomic mass is 10.2. The third-order valence-electron chi connectivity index (χ3n) is 6.37. The number of hydrogen-bond acceptors (Lipinski definition) is 5. The molecule has 1 saturated heterocycles. The number of hydrogen-bond donors (Lipinski definition) is 2. The molecule has 0 saturated carbocycles. The second-order valence-electron chi connectivity index (χ2n) is 8.30. The average Bonchev–Trinajstić information content (AvgIpc) is 3.56. The lowest BCUT2D eigenvalue weighted by Crippen LogP contribution is -2.39. The summed E-state index contributed by atoms with van der Waals surface area (Å²) in [4.78, 5) is 15.0. The van der Waals surface area contributed by atoms with Crippen molar-refractivity contribution in [1.29, 1.82) is 0 Å². The van der Waals surface area contributed by atoms with Crippen LogP contribution >= 0.6 is 12.2 Å². The molecule has 2 aromatic carbocycles. The molecule has 6 rings (SSSR count). The fourth-order valence-corrected chi connectivity index (χ4v) is 5.21. The topological polar surface area (TPSA) is 80.9 Å². The molecule has 1 aromatic heterocycles. The van der Waals surface area contributed by atoms with Crippen molar-refractivity contribution in [2.75, 3.05) is 18.7 Å². The van der Waals surface area contributed by atoms with Gasteiger partial charge in [-0.3, -0.25) is 4.57 Å². The number of anilines is 1. The zero-order valence-corrected chi connectivity index (χ0v) is 18.2. The van der Waals surface area contributed by atoms with Gasteiger partial charge in [0.05, 0.1) is 23.3 Å². The van der Waals surface area contributed by atoms with Crippen LogP contribution in [-0.4, -0.2) is 37.6 Å². The van der Waals surface area contributed by atoms with Crippen LogP contribution in [0.3, 0.4) is 0 Å². The van der Waals surface area contributed by atoms with Crippen molar-refractivity contribution < 1.29 is 27.8 Å². The molecule has 3 aliphatic rings. The Kier molecular flexibility index (Phi) is 4.40. The van der Waals surface area contributed by atoms with Crippen LogP contribution in [-0.2, 0) is 6.18 Å². The first-order valence-electron chi connectivity index (χ1n) is 10.4. The molecule has 0 radical (unpaired) electrons. The number of aromatic hydroxyl groups is 1. The number of ether oxygens (including phenoxy) is 2. The van der Waals surface area contributed by atoms with E-state index in [-0.39, 0.29) is 24.4 Å². The highest BCUT2D eigenvalue weighted by Crippen LogP contribution is 2.49. The van der Waals surface area contributed by atoms with Crippen molar-refractivity contribution in [1.82, 2.24) is 14.0 Å². The van der Waals surface area contributed by atoms with E-state index in [1.54, 1.807) is 18.2 Å². The molecule has 2 atom stereocenters. The molecule has 3 aromatic rings. The molecule has 0 unspecified atom stereocenters. The van der Waals surface area contributed by atoms with E-state index in [4.69, 9.17) is 21.7 Å². The van der Waals surface area contributed by atoms with Crippen LogP contribution in [0, 0.1) is 0 Å². The summed E-state index contributed by atoms with van der Waals surface area (Å²) >= 11 is 5.59. The maximum absolute atomic E-state index is 13.2. The van der Waals surface area contributed by atoms with Crippen LogP contribution in [0.4, 0.5) is 18.9 Å². The predicted octanol–water partition coefficient (Wildman–Crippen LogP) is 3.79. The van der Waals surface area contributed by atoms with Gasteiger partial charge >= 0.3 is 11.9 Å². The summed E-state index contributed by atoms with van der Waals surface area (Å²) in [7, 11) is 0. The molecule has 0 spiro atoms. The van der Waals surface area contributed by atoms with Crippen LogP contribution in [0.1, 0.15) is 29.8 Å². The quantitative estimate of drug-likeness (QED) is 0.529. The summed E-state index contributed by atoms with van der Waals surface area (Å²) in [5.41, 5.74) is -0.491.